The van der Waals surface area contributed by atoms with Crippen molar-refractivity contribution in [1.29, 1.82) is 0 Å². The number of non-ortho nitro benzene ring substituents is 1. The minimum absolute atomic E-state index is 0.0870. The Morgan fingerprint density at radius 3 is 2.45 bits per heavy atom. The van der Waals surface area contributed by atoms with Crippen molar-refractivity contribution in [1.82, 2.24) is 14.5 Å². The Kier molecular flexibility index (Phi) is 7.17. The van der Waals surface area contributed by atoms with Gasteiger partial charge in [0.2, 0.25) is 5.91 Å². The maximum absolute atomic E-state index is 12.9. The monoisotopic (exact) mass is 467 g/mol. The van der Waals surface area contributed by atoms with Crippen molar-refractivity contribution in [2.24, 2.45) is 5.92 Å². The quantitative estimate of drug-likeness (QED) is 0.277. The number of hydrogen-bond acceptors (Lipinski definition) is 6. The molecule has 1 aliphatic rings. The Morgan fingerprint density at radius 2 is 1.79 bits per heavy atom. The summed E-state index contributed by atoms with van der Waals surface area (Å²) in [4.78, 5) is 32.2. The van der Waals surface area contributed by atoms with E-state index in [2.05, 4.69) is 29.4 Å². The number of imidazole rings is 1. The molecule has 9 heteroatoms. The summed E-state index contributed by atoms with van der Waals surface area (Å²) in [6, 6.07) is 14.7. The molecule has 0 unspecified atom stereocenters. The van der Waals surface area contributed by atoms with Gasteiger partial charge in [-0.1, -0.05) is 37.7 Å². The molecule has 0 bridgehead atoms. The van der Waals surface area contributed by atoms with Gasteiger partial charge >= 0.3 is 0 Å². The smallest absolute Gasteiger partial charge is 0.269 e. The van der Waals surface area contributed by atoms with Crippen LogP contribution in [0.15, 0.2) is 53.7 Å². The van der Waals surface area contributed by atoms with Crippen molar-refractivity contribution in [3.8, 4) is 0 Å². The molecular formula is C24H29N5O3S. The normalized spacial score (nSPS) is 14.3. The SMILES string of the molecule is CC(C)CCn1c(SCC(=O)N2CCN(c3ccc([N+](=O)[O-])cc3)CC2)nc2ccccc21. The summed E-state index contributed by atoms with van der Waals surface area (Å²) in [5.41, 5.74) is 3.11. The van der Waals surface area contributed by atoms with Gasteiger partial charge in [0.15, 0.2) is 5.16 Å². The van der Waals surface area contributed by atoms with Gasteiger partial charge in [-0.3, -0.25) is 14.9 Å². The summed E-state index contributed by atoms with van der Waals surface area (Å²) in [5, 5.41) is 11.7. The number of nitro groups is 1. The first-order chi connectivity index (χ1) is 15.9. The molecule has 4 rings (SSSR count). The fourth-order valence-corrected chi connectivity index (χ4v) is 4.93. The van der Waals surface area contributed by atoms with Gasteiger partial charge in [-0.25, -0.2) is 4.98 Å². The van der Waals surface area contributed by atoms with E-state index in [9.17, 15) is 14.9 Å². The van der Waals surface area contributed by atoms with Gasteiger partial charge in [-0.2, -0.15) is 0 Å². The zero-order valence-corrected chi connectivity index (χ0v) is 19.8. The van der Waals surface area contributed by atoms with E-state index < -0.39 is 4.92 Å². The lowest BCUT2D eigenvalue weighted by atomic mass is 10.1. The molecule has 0 N–H and O–H groups in total. The fraction of sp³-hybridized carbons (Fsp3) is 0.417. The topological polar surface area (TPSA) is 84.5 Å². The van der Waals surface area contributed by atoms with Crippen molar-refractivity contribution in [2.75, 3.05) is 36.8 Å². The van der Waals surface area contributed by atoms with Crippen molar-refractivity contribution >= 4 is 40.1 Å². The highest BCUT2D eigenvalue weighted by Crippen LogP contribution is 2.26. The van der Waals surface area contributed by atoms with Gasteiger partial charge in [-0.05, 0) is 36.6 Å². The summed E-state index contributed by atoms with van der Waals surface area (Å²) in [7, 11) is 0. The average molecular weight is 468 g/mol. The molecule has 2 heterocycles. The number of anilines is 1. The number of nitrogens with zero attached hydrogens (tertiary/aromatic N) is 5. The molecule has 3 aromatic rings. The maximum Gasteiger partial charge on any atom is 0.269 e. The number of nitro benzene ring substituents is 1. The molecule has 174 valence electrons. The van der Waals surface area contributed by atoms with Crippen molar-refractivity contribution in [2.45, 2.75) is 32.0 Å². The van der Waals surface area contributed by atoms with Gasteiger partial charge in [0.25, 0.3) is 5.69 Å². The number of carbonyl (C=O) groups excluding carboxylic acids is 1. The van der Waals surface area contributed by atoms with Crippen LogP contribution in [-0.2, 0) is 11.3 Å². The lowest BCUT2D eigenvalue weighted by molar-refractivity contribution is -0.384. The zero-order chi connectivity index (χ0) is 23.4. The summed E-state index contributed by atoms with van der Waals surface area (Å²) >= 11 is 1.51. The van der Waals surface area contributed by atoms with Crippen LogP contribution in [0, 0.1) is 16.0 Å². The Bertz CT molecular complexity index is 1120. The van der Waals surface area contributed by atoms with Gasteiger partial charge in [0.05, 0.1) is 21.7 Å². The first-order valence-electron chi connectivity index (χ1n) is 11.3. The molecule has 1 amide bonds. The molecule has 1 saturated heterocycles. The maximum atomic E-state index is 12.9. The predicted octanol–water partition coefficient (Wildman–Crippen LogP) is 4.43. The van der Waals surface area contributed by atoms with Crippen LogP contribution in [0.1, 0.15) is 20.3 Å². The molecular weight excluding hydrogens is 438 g/mol. The second kappa shape index (κ2) is 10.2. The number of carbonyl (C=O) groups is 1. The molecule has 0 atom stereocenters. The minimum Gasteiger partial charge on any atom is -0.368 e. The van der Waals surface area contributed by atoms with Crippen LogP contribution in [0.4, 0.5) is 11.4 Å². The standard InChI is InChI=1S/C24H29N5O3S/c1-18(2)11-12-28-22-6-4-3-5-21(22)25-24(28)33-17-23(30)27-15-13-26(14-16-27)19-7-9-20(10-8-19)29(31)32/h3-10,18H,11-17H2,1-2H3. The highest BCUT2D eigenvalue weighted by Gasteiger charge is 2.23. The van der Waals surface area contributed by atoms with E-state index in [0.717, 1.165) is 34.8 Å². The van der Waals surface area contributed by atoms with Gasteiger partial charge in [0.1, 0.15) is 0 Å². The van der Waals surface area contributed by atoms with Crippen LogP contribution in [0.3, 0.4) is 0 Å². The molecule has 0 spiro atoms. The fourth-order valence-electron chi connectivity index (χ4n) is 3.98. The lowest BCUT2D eigenvalue weighted by Gasteiger charge is -2.36. The largest absolute Gasteiger partial charge is 0.368 e. The van der Waals surface area contributed by atoms with E-state index in [-0.39, 0.29) is 11.6 Å². The molecule has 0 radical (unpaired) electrons. The van der Waals surface area contributed by atoms with Gasteiger partial charge in [0, 0.05) is 50.5 Å². The molecule has 33 heavy (non-hydrogen) atoms. The highest BCUT2D eigenvalue weighted by atomic mass is 32.2. The highest BCUT2D eigenvalue weighted by molar-refractivity contribution is 7.99. The number of thioether (sulfide) groups is 1. The molecule has 1 fully saturated rings. The third-order valence-corrected chi connectivity index (χ3v) is 6.89. The van der Waals surface area contributed by atoms with Crippen LogP contribution in [0.5, 0.6) is 0 Å². The summed E-state index contributed by atoms with van der Waals surface area (Å²) in [6.45, 7) is 8.02. The Balaban J connectivity index is 1.35. The number of hydrogen-bond donors (Lipinski definition) is 0. The number of fused-ring (bicyclic) bond motifs is 1. The Morgan fingerprint density at radius 1 is 1.09 bits per heavy atom. The van der Waals surface area contributed by atoms with E-state index in [1.165, 1.54) is 23.9 Å². The Hall–Kier alpha value is -3.07. The average Bonchev–Trinajstić information content (AvgIpc) is 3.18. The van der Waals surface area contributed by atoms with Crippen LogP contribution in [-0.4, -0.2) is 57.2 Å². The van der Waals surface area contributed by atoms with Gasteiger partial charge in [-0.15, -0.1) is 0 Å². The second-order valence-corrected chi connectivity index (χ2v) is 9.59. The van der Waals surface area contributed by atoms with E-state index in [4.69, 9.17) is 4.98 Å². The number of rotatable bonds is 8. The van der Waals surface area contributed by atoms with Crippen LogP contribution in [0.2, 0.25) is 0 Å². The lowest BCUT2D eigenvalue weighted by Crippen LogP contribution is -2.49. The zero-order valence-electron chi connectivity index (χ0n) is 19.0. The molecule has 8 nitrogen and oxygen atoms in total. The van der Waals surface area contributed by atoms with Crippen molar-refractivity contribution in [3.05, 3.63) is 58.6 Å². The molecule has 1 aliphatic heterocycles. The number of para-hydroxylation sites is 2. The van der Waals surface area contributed by atoms with E-state index in [1.54, 1.807) is 12.1 Å². The summed E-state index contributed by atoms with van der Waals surface area (Å²) in [6.07, 6.45) is 1.06. The number of aryl methyl sites for hydroxylation is 1. The van der Waals surface area contributed by atoms with Crippen LogP contribution < -0.4 is 4.90 Å². The third-order valence-electron chi connectivity index (χ3n) is 5.93. The van der Waals surface area contributed by atoms with E-state index in [0.29, 0.717) is 37.8 Å². The van der Waals surface area contributed by atoms with E-state index in [1.807, 2.05) is 23.1 Å². The number of benzene rings is 2. The predicted molar refractivity (Wildman–Crippen MR) is 132 cm³/mol. The summed E-state index contributed by atoms with van der Waals surface area (Å²) in [5.74, 6) is 1.08. The number of piperazine rings is 1. The third kappa shape index (κ3) is 5.47. The molecule has 1 aromatic heterocycles. The second-order valence-electron chi connectivity index (χ2n) is 8.65. The number of aromatic nitrogens is 2. The molecule has 2 aromatic carbocycles. The first kappa shape index (κ1) is 23.1. The van der Waals surface area contributed by atoms with Crippen LogP contribution >= 0.6 is 11.8 Å². The minimum atomic E-state index is -0.394. The van der Waals surface area contributed by atoms with Gasteiger partial charge < -0.3 is 14.4 Å². The molecule has 0 aliphatic carbocycles. The first-order valence-corrected chi connectivity index (χ1v) is 12.3. The summed E-state index contributed by atoms with van der Waals surface area (Å²) < 4.78 is 2.24. The van der Waals surface area contributed by atoms with Crippen molar-refractivity contribution in [3.63, 3.8) is 0 Å². The van der Waals surface area contributed by atoms with E-state index >= 15 is 0 Å². The van der Waals surface area contributed by atoms with Crippen molar-refractivity contribution < 1.29 is 9.72 Å². The molecule has 0 saturated carbocycles. The van der Waals surface area contributed by atoms with Crippen LogP contribution in [0.25, 0.3) is 11.0 Å². The Labute approximate surface area is 197 Å². The number of amides is 1.